The zero-order valence-corrected chi connectivity index (χ0v) is 12.5. The summed E-state index contributed by atoms with van der Waals surface area (Å²) >= 11 is 0.648. The van der Waals surface area contributed by atoms with Gasteiger partial charge in [-0.1, -0.05) is 11.3 Å². The maximum absolute atomic E-state index is 12.9. The van der Waals surface area contributed by atoms with Gasteiger partial charge in [0.2, 0.25) is 0 Å². The highest BCUT2D eigenvalue weighted by Crippen LogP contribution is 2.26. The molecule has 0 saturated carbocycles. The Labute approximate surface area is 119 Å². The van der Waals surface area contributed by atoms with E-state index in [1.165, 1.54) is 31.2 Å². The Morgan fingerprint density at radius 1 is 1.30 bits per heavy atom. The summed E-state index contributed by atoms with van der Waals surface area (Å²) in [6.45, 7) is 3.38. The Bertz CT molecular complexity index is 763. The summed E-state index contributed by atoms with van der Waals surface area (Å²) in [5, 5.41) is 0. The maximum Gasteiger partial charge on any atom is 0.306 e. The molecule has 2 aromatic rings. The number of aryl methyl sites for hydroxylation is 1. The number of benzene rings is 1. The van der Waals surface area contributed by atoms with Gasteiger partial charge in [-0.25, -0.2) is 12.8 Å². The molecule has 0 bridgehead atoms. The molecule has 0 aliphatic heterocycles. The molecule has 5 nitrogen and oxygen atoms in total. The fourth-order valence-corrected chi connectivity index (χ4v) is 4.71. The number of H-pyrrole nitrogens is 1. The zero-order chi connectivity index (χ0) is 14.9. The first-order valence-electron chi connectivity index (χ1n) is 5.84. The molecule has 2 rings (SSSR count). The van der Waals surface area contributed by atoms with Crippen molar-refractivity contribution in [1.29, 1.82) is 0 Å². The van der Waals surface area contributed by atoms with Gasteiger partial charge in [-0.2, -0.15) is 0 Å². The standard InChI is InChI=1S/C12H13FN2O3S2/c1-3-15(10-6-4-9(13)5-7-10)20(17,18)11-8(2)14-12(16)19-11/h4-7H,3H2,1-2H3,(H,14,16). The van der Waals surface area contributed by atoms with Gasteiger partial charge in [0.1, 0.15) is 5.82 Å². The van der Waals surface area contributed by atoms with Gasteiger partial charge in [0, 0.05) is 12.2 Å². The lowest BCUT2D eigenvalue weighted by molar-refractivity contribution is 0.592. The fourth-order valence-electron chi connectivity index (χ4n) is 1.84. The van der Waals surface area contributed by atoms with Crippen molar-refractivity contribution in [3.05, 3.63) is 45.4 Å². The molecule has 1 aromatic heterocycles. The van der Waals surface area contributed by atoms with Crippen molar-refractivity contribution in [2.24, 2.45) is 0 Å². The van der Waals surface area contributed by atoms with E-state index in [9.17, 15) is 17.6 Å². The van der Waals surface area contributed by atoms with E-state index in [4.69, 9.17) is 0 Å². The molecule has 1 heterocycles. The minimum absolute atomic E-state index is 0.0197. The SMILES string of the molecule is CCN(c1ccc(F)cc1)S(=O)(=O)c1sc(=O)[nH]c1C. The topological polar surface area (TPSA) is 70.2 Å². The van der Waals surface area contributed by atoms with Gasteiger partial charge in [0.15, 0.2) is 4.21 Å². The second-order valence-corrected chi connectivity index (χ2v) is 7.11. The van der Waals surface area contributed by atoms with Crippen molar-refractivity contribution >= 4 is 27.0 Å². The summed E-state index contributed by atoms with van der Waals surface area (Å²) in [5.41, 5.74) is 0.662. The van der Waals surface area contributed by atoms with E-state index in [2.05, 4.69) is 4.98 Å². The molecule has 0 unspecified atom stereocenters. The molecule has 0 aliphatic carbocycles. The molecule has 108 valence electrons. The minimum atomic E-state index is -3.83. The molecule has 0 amide bonds. The van der Waals surface area contributed by atoms with Gasteiger partial charge in [-0.05, 0) is 38.1 Å². The summed E-state index contributed by atoms with van der Waals surface area (Å²) in [6, 6.07) is 5.17. The second-order valence-electron chi connectivity index (χ2n) is 4.07. The number of aromatic amines is 1. The van der Waals surface area contributed by atoms with E-state index in [0.29, 0.717) is 22.7 Å². The molecule has 0 saturated heterocycles. The number of nitrogens with one attached hydrogen (secondary N) is 1. The van der Waals surface area contributed by atoms with E-state index < -0.39 is 20.7 Å². The smallest absolute Gasteiger partial charge is 0.306 e. The van der Waals surface area contributed by atoms with Crippen molar-refractivity contribution in [1.82, 2.24) is 4.98 Å². The highest BCUT2D eigenvalue weighted by atomic mass is 32.2. The van der Waals surface area contributed by atoms with Crippen molar-refractivity contribution < 1.29 is 12.8 Å². The second kappa shape index (κ2) is 5.37. The van der Waals surface area contributed by atoms with Crippen LogP contribution in [0.1, 0.15) is 12.6 Å². The number of thiazole rings is 1. The van der Waals surface area contributed by atoms with E-state index in [0.717, 1.165) is 4.31 Å². The van der Waals surface area contributed by atoms with Crippen LogP contribution in [0.5, 0.6) is 0 Å². The summed E-state index contributed by atoms with van der Waals surface area (Å²) in [5.74, 6) is -0.440. The van der Waals surface area contributed by atoms with Crippen LogP contribution in [-0.2, 0) is 10.0 Å². The lowest BCUT2D eigenvalue weighted by atomic mass is 10.3. The van der Waals surface area contributed by atoms with Crippen LogP contribution < -0.4 is 9.18 Å². The van der Waals surface area contributed by atoms with Crippen molar-refractivity contribution in [2.75, 3.05) is 10.8 Å². The molecule has 0 aliphatic rings. The molecule has 20 heavy (non-hydrogen) atoms. The van der Waals surface area contributed by atoms with Crippen LogP contribution in [0, 0.1) is 12.7 Å². The lowest BCUT2D eigenvalue weighted by Gasteiger charge is -2.22. The summed E-state index contributed by atoms with van der Waals surface area (Å²) in [7, 11) is -3.83. The predicted octanol–water partition coefficient (Wildman–Crippen LogP) is 2.10. The Hall–Kier alpha value is -1.67. The number of anilines is 1. The minimum Gasteiger partial charge on any atom is -0.315 e. The van der Waals surface area contributed by atoms with Crippen LogP contribution in [0.2, 0.25) is 0 Å². The first-order chi connectivity index (χ1) is 9.36. The number of hydrogen-bond acceptors (Lipinski definition) is 4. The number of halogens is 1. The van der Waals surface area contributed by atoms with Crippen molar-refractivity contribution in [3.8, 4) is 0 Å². The molecule has 0 atom stereocenters. The molecule has 1 aromatic carbocycles. The number of sulfonamides is 1. The van der Waals surface area contributed by atoms with Crippen LogP contribution in [0.15, 0.2) is 33.3 Å². The fraction of sp³-hybridized carbons (Fsp3) is 0.250. The molecule has 0 radical (unpaired) electrons. The van der Waals surface area contributed by atoms with Crippen LogP contribution in [0.25, 0.3) is 0 Å². The molecule has 1 N–H and O–H groups in total. The zero-order valence-electron chi connectivity index (χ0n) is 10.9. The van der Waals surface area contributed by atoms with Gasteiger partial charge >= 0.3 is 4.87 Å². The monoisotopic (exact) mass is 316 g/mol. The predicted molar refractivity (Wildman–Crippen MR) is 76.3 cm³/mol. The van der Waals surface area contributed by atoms with Gasteiger partial charge in [0.25, 0.3) is 10.0 Å². The van der Waals surface area contributed by atoms with E-state index in [-0.39, 0.29) is 10.8 Å². The average molecular weight is 316 g/mol. The third kappa shape index (κ3) is 2.61. The normalized spacial score (nSPS) is 11.6. The molecule has 0 fully saturated rings. The lowest BCUT2D eigenvalue weighted by Crippen LogP contribution is -2.30. The Morgan fingerprint density at radius 3 is 2.35 bits per heavy atom. The molecular weight excluding hydrogens is 303 g/mol. The summed E-state index contributed by atoms with van der Waals surface area (Å²) in [4.78, 5) is 13.3. The Morgan fingerprint density at radius 2 is 1.90 bits per heavy atom. The van der Waals surface area contributed by atoms with E-state index >= 15 is 0 Å². The van der Waals surface area contributed by atoms with Gasteiger partial charge in [-0.15, -0.1) is 0 Å². The largest absolute Gasteiger partial charge is 0.315 e. The Balaban J connectivity index is 2.53. The summed E-state index contributed by atoms with van der Waals surface area (Å²) < 4.78 is 39.2. The van der Waals surface area contributed by atoms with Gasteiger partial charge in [0.05, 0.1) is 5.69 Å². The number of rotatable bonds is 4. The quantitative estimate of drug-likeness (QED) is 0.939. The van der Waals surface area contributed by atoms with Crippen LogP contribution in [-0.4, -0.2) is 19.9 Å². The molecule has 8 heteroatoms. The average Bonchev–Trinajstić information content (AvgIpc) is 2.72. The number of aromatic nitrogens is 1. The number of nitrogens with zero attached hydrogens (tertiary/aromatic N) is 1. The summed E-state index contributed by atoms with van der Waals surface area (Å²) in [6.07, 6.45) is 0. The first kappa shape index (κ1) is 14.7. The van der Waals surface area contributed by atoms with Crippen molar-refractivity contribution in [2.45, 2.75) is 18.1 Å². The molecular formula is C12H13FN2O3S2. The third-order valence-electron chi connectivity index (χ3n) is 2.71. The van der Waals surface area contributed by atoms with Gasteiger partial charge in [-0.3, -0.25) is 9.10 Å². The maximum atomic E-state index is 12.9. The Kier molecular flexibility index (Phi) is 3.96. The van der Waals surface area contributed by atoms with Crippen LogP contribution in [0.4, 0.5) is 10.1 Å². The molecule has 0 spiro atoms. The number of hydrogen-bond donors (Lipinski definition) is 1. The van der Waals surface area contributed by atoms with E-state index in [1.807, 2.05) is 0 Å². The van der Waals surface area contributed by atoms with Crippen LogP contribution >= 0.6 is 11.3 Å². The first-order valence-corrected chi connectivity index (χ1v) is 8.10. The van der Waals surface area contributed by atoms with E-state index in [1.54, 1.807) is 6.92 Å². The highest BCUT2D eigenvalue weighted by Gasteiger charge is 2.27. The van der Waals surface area contributed by atoms with Crippen LogP contribution in [0.3, 0.4) is 0 Å². The van der Waals surface area contributed by atoms with Gasteiger partial charge < -0.3 is 4.98 Å². The highest BCUT2D eigenvalue weighted by molar-refractivity contribution is 7.94. The van der Waals surface area contributed by atoms with Crippen molar-refractivity contribution in [3.63, 3.8) is 0 Å². The third-order valence-corrected chi connectivity index (χ3v) is 6.19.